The zero-order chi connectivity index (χ0) is 13.7. The van der Waals surface area contributed by atoms with Gasteiger partial charge >= 0.3 is 0 Å². The van der Waals surface area contributed by atoms with Gasteiger partial charge in [0.2, 0.25) is 0 Å². The molecule has 0 spiro atoms. The van der Waals surface area contributed by atoms with Crippen molar-refractivity contribution in [3.8, 4) is 22.1 Å². The van der Waals surface area contributed by atoms with Crippen LogP contribution in [0.25, 0.3) is 10.6 Å². The summed E-state index contributed by atoms with van der Waals surface area (Å²) >= 11 is 1.63. The molecule has 0 saturated carbocycles. The van der Waals surface area contributed by atoms with Gasteiger partial charge in [0.15, 0.2) is 0 Å². The van der Waals surface area contributed by atoms with Crippen LogP contribution in [0, 0.1) is 0 Å². The lowest BCUT2D eigenvalue weighted by molar-refractivity contribution is 0.394. The topological polar surface area (TPSA) is 43.4 Å². The lowest BCUT2D eigenvalue weighted by Crippen LogP contribution is -2.11. The summed E-state index contributed by atoms with van der Waals surface area (Å²) in [5.74, 6) is 1.55. The van der Waals surface area contributed by atoms with Crippen LogP contribution >= 0.6 is 11.3 Å². The molecule has 0 bridgehead atoms. The number of thiazole rings is 1. The highest BCUT2D eigenvalue weighted by Gasteiger charge is 2.08. The highest BCUT2D eigenvalue weighted by molar-refractivity contribution is 7.13. The molecule has 0 aliphatic rings. The number of hydrogen-bond acceptors (Lipinski definition) is 5. The van der Waals surface area contributed by atoms with E-state index >= 15 is 0 Å². The number of benzene rings is 1. The van der Waals surface area contributed by atoms with Crippen LogP contribution in [0.3, 0.4) is 0 Å². The average molecular weight is 278 g/mol. The maximum Gasteiger partial charge on any atom is 0.123 e. The molecule has 0 amide bonds. The van der Waals surface area contributed by atoms with Crippen LogP contribution in [0.15, 0.2) is 23.6 Å². The van der Waals surface area contributed by atoms with E-state index in [1.165, 1.54) is 0 Å². The first kappa shape index (κ1) is 13.8. The predicted molar refractivity (Wildman–Crippen MR) is 78.0 cm³/mol. The van der Waals surface area contributed by atoms with Crippen molar-refractivity contribution >= 4 is 11.3 Å². The van der Waals surface area contributed by atoms with E-state index in [1.54, 1.807) is 25.6 Å². The summed E-state index contributed by atoms with van der Waals surface area (Å²) in [6, 6.07) is 5.80. The number of rotatable bonds is 6. The van der Waals surface area contributed by atoms with Gasteiger partial charge in [-0.25, -0.2) is 4.98 Å². The maximum absolute atomic E-state index is 5.28. The normalized spacial score (nSPS) is 10.5. The zero-order valence-electron chi connectivity index (χ0n) is 11.4. The molecule has 0 aliphatic heterocycles. The standard InChI is InChI=1S/C14H18N2O2S/c1-4-15-8-11-9-19-14(16-11)10-5-12(17-2)7-13(6-10)18-3/h5-7,9,15H,4,8H2,1-3H3. The van der Waals surface area contributed by atoms with Crippen LogP contribution in [-0.4, -0.2) is 25.7 Å². The average Bonchev–Trinajstić information content (AvgIpc) is 2.93. The summed E-state index contributed by atoms with van der Waals surface area (Å²) in [6.45, 7) is 3.83. The number of methoxy groups -OCH3 is 2. The quantitative estimate of drug-likeness (QED) is 0.882. The molecule has 0 saturated heterocycles. The highest BCUT2D eigenvalue weighted by Crippen LogP contribution is 2.31. The van der Waals surface area contributed by atoms with E-state index in [4.69, 9.17) is 9.47 Å². The minimum Gasteiger partial charge on any atom is -0.497 e. The number of aromatic nitrogens is 1. The van der Waals surface area contributed by atoms with Crippen molar-refractivity contribution in [1.29, 1.82) is 0 Å². The molecule has 1 N–H and O–H groups in total. The van der Waals surface area contributed by atoms with Crippen molar-refractivity contribution in [2.45, 2.75) is 13.5 Å². The second-order valence-electron chi connectivity index (χ2n) is 4.03. The number of hydrogen-bond donors (Lipinski definition) is 1. The molecule has 4 nitrogen and oxygen atoms in total. The van der Waals surface area contributed by atoms with Gasteiger partial charge in [0, 0.05) is 23.6 Å². The molecule has 0 radical (unpaired) electrons. The Morgan fingerprint density at radius 1 is 1.16 bits per heavy atom. The minimum absolute atomic E-state index is 0.776. The molecule has 1 aromatic carbocycles. The predicted octanol–water partition coefficient (Wildman–Crippen LogP) is 2.94. The van der Waals surface area contributed by atoms with Gasteiger partial charge in [-0.15, -0.1) is 11.3 Å². The summed E-state index contributed by atoms with van der Waals surface area (Å²) in [4.78, 5) is 4.61. The van der Waals surface area contributed by atoms with Crippen LogP contribution in [-0.2, 0) is 6.54 Å². The molecular weight excluding hydrogens is 260 g/mol. The van der Waals surface area contributed by atoms with Gasteiger partial charge in [-0.3, -0.25) is 0 Å². The van der Waals surface area contributed by atoms with Crippen LogP contribution in [0.5, 0.6) is 11.5 Å². The van der Waals surface area contributed by atoms with Crippen molar-refractivity contribution < 1.29 is 9.47 Å². The van der Waals surface area contributed by atoms with Gasteiger partial charge in [-0.2, -0.15) is 0 Å². The fourth-order valence-corrected chi connectivity index (χ4v) is 2.51. The Balaban J connectivity index is 2.27. The van der Waals surface area contributed by atoms with Gasteiger partial charge in [-0.05, 0) is 18.7 Å². The second kappa shape index (κ2) is 6.54. The third kappa shape index (κ3) is 3.45. The Morgan fingerprint density at radius 2 is 1.84 bits per heavy atom. The first-order valence-corrected chi connectivity index (χ1v) is 7.03. The van der Waals surface area contributed by atoms with E-state index in [0.29, 0.717) is 0 Å². The van der Waals surface area contributed by atoms with Gasteiger partial charge in [0.25, 0.3) is 0 Å². The van der Waals surface area contributed by atoms with E-state index < -0.39 is 0 Å². The molecule has 2 rings (SSSR count). The van der Waals surface area contributed by atoms with E-state index in [9.17, 15) is 0 Å². The lowest BCUT2D eigenvalue weighted by Gasteiger charge is -2.06. The Hall–Kier alpha value is -1.59. The summed E-state index contributed by atoms with van der Waals surface area (Å²) in [5.41, 5.74) is 2.08. The van der Waals surface area contributed by atoms with Crippen molar-refractivity contribution in [3.05, 3.63) is 29.3 Å². The summed E-state index contributed by atoms with van der Waals surface area (Å²) in [5, 5.41) is 6.32. The Labute approximate surface area is 117 Å². The first-order chi connectivity index (χ1) is 9.26. The third-order valence-electron chi connectivity index (χ3n) is 2.71. The summed E-state index contributed by atoms with van der Waals surface area (Å²) in [7, 11) is 3.30. The van der Waals surface area contributed by atoms with Crippen molar-refractivity contribution in [1.82, 2.24) is 10.3 Å². The van der Waals surface area contributed by atoms with Crippen LogP contribution in [0.2, 0.25) is 0 Å². The molecule has 19 heavy (non-hydrogen) atoms. The highest BCUT2D eigenvalue weighted by atomic mass is 32.1. The SMILES string of the molecule is CCNCc1csc(-c2cc(OC)cc(OC)c2)n1. The minimum atomic E-state index is 0.776. The molecular formula is C14H18N2O2S. The Morgan fingerprint density at radius 3 is 2.42 bits per heavy atom. The molecule has 2 aromatic rings. The largest absolute Gasteiger partial charge is 0.497 e. The van der Waals surface area contributed by atoms with Gasteiger partial charge in [0.1, 0.15) is 16.5 Å². The fourth-order valence-electron chi connectivity index (χ4n) is 1.70. The zero-order valence-corrected chi connectivity index (χ0v) is 12.2. The molecule has 0 fully saturated rings. The van der Waals surface area contributed by atoms with Gasteiger partial charge < -0.3 is 14.8 Å². The van der Waals surface area contributed by atoms with Crippen LogP contribution in [0.4, 0.5) is 0 Å². The summed E-state index contributed by atoms with van der Waals surface area (Å²) in [6.07, 6.45) is 0. The molecule has 0 unspecified atom stereocenters. The Kier molecular flexibility index (Phi) is 4.76. The lowest BCUT2D eigenvalue weighted by atomic mass is 10.2. The first-order valence-electron chi connectivity index (χ1n) is 6.15. The van der Waals surface area contributed by atoms with Crippen molar-refractivity contribution in [3.63, 3.8) is 0 Å². The van der Waals surface area contributed by atoms with E-state index in [1.807, 2.05) is 18.2 Å². The van der Waals surface area contributed by atoms with Gasteiger partial charge in [0.05, 0.1) is 19.9 Å². The maximum atomic E-state index is 5.28. The van der Waals surface area contributed by atoms with E-state index in [-0.39, 0.29) is 0 Å². The fraction of sp³-hybridized carbons (Fsp3) is 0.357. The number of ether oxygens (including phenoxy) is 2. The van der Waals surface area contributed by atoms with E-state index in [0.717, 1.165) is 40.9 Å². The van der Waals surface area contributed by atoms with E-state index in [2.05, 4.69) is 22.6 Å². The molecule has 102 valence electrons. The molecule has 1 heterocycles. The molecule has 1 aromatic heterocycles. The van der Waals surface area contributed by atoms with Crippen molar-refractivity contribution in [2.24, 2.45) is 0 Å². The molecule has 5 heteroatoms. The monoisotopic (exact) mass is 278 g/mol. The number of nitrogens with zero attached hydrogens (tertiary/aromatic N) is 1. The van der Waals surface area contributed by atoms with Gasteiger partial charge in [-0.1, -0.05) is 6.92 Å². The molecule has 0 aliphatic carbocycles. The van der Waals surface area contributed by atoms with Crippen molar-refractivity contribution in [2.75, 3.05) is 20.8 Å². The van der Waals surface area contributed by atoms with Crippen LogP contribution in [0.1, 0.15) is 12.6 Å². The Bertz CT molecular complexity index is 518. The third-order valence-corrected chi connectivity index (χ3v) is 3.65. The molecule has 0 atom stereocenters. The smallest absolute Gasteiger partial charge is 0.123 e. The number of nitrogens with one attached hydrogen (secondary N) is 1. The van der Waals surface area contributed by atoms with Crippen LogP contribution < -0.4 is 14.8 Å². The summed E-state index contributed by atoms with van der Waals surface area (Å²) < 4.78 is 10.6. The second-order valence-corrected chi connectivity index (χ2v) is 4.88.